The van der Waals surface area contributed by atoms with Crippen LogP contribution in [0.15, 0.2) is 65.3 Å². The van der Waals surface area contributed by atoms with Crippen LogP contribution >= 0.6 is 0 Å². The minimum Gasteiger partial charge on any atom is -0.494 e. The molecular formula is C23H25NO3. The molecule has 0 N–H and O–H groups in total. The Morgan fingerprint density at radius 2 is 1.70 bits per heavy atom. The Bertz CT molecular complexity index is 807. The van der Waals surface area contributed by atoms with E-state index >= 15 is 0 Å². The molecule has 0 saturated carbocycles. The van der Waals surface area contributed by atoms with Gasteiger partial charge in [-0.05, 0) is 42.3 Å². The summed E-state index contributed by atoms with van der Waals surface area (Å²) in [6.07, 6.45) is 7.83. The van der Waals surface area contributed by atoms with Gasteiger partial charge in [0.05, 0.1) is 6.61 Å². The van der Waals surface area contributed by atoms with Crippen molar-refractivity contribution in [1.82, 2.24) is 0 Å². The highest BCUT2D eigenvalue weighted by atomic mass is 16.6. The molecule has 4 heteroatoms. The molecule has 2 aromatic rings. The van der Waals surface area contributed by atoms with E-state index in [2.05, 4.69) is 11.9 Å². The maximum Gasteiger partial charge on any atom is 0.363 e. The van der Waals surface area contributed by atoms with Gasteiger partial charge in [0.25, 0.3) is 0 Å². The van der Waals surface area contributed by atoms with Crippen LogP contribution in [0.1, 0.15) is 50.2 Å². The number of nitrogens with zero attached hydrogens (tertiary/aromatic N) is 1. The third kappa shape index (κ3) is 5.55. The first-order valence-corrected chi connectivity index (χ1v) is 9.57. The van der Waals surface area contributed by atoms with E-state index in [-0.39, 0.29) is 0 Å². The van der Waals surface area contributed by atoms with Crippen molar-refractivity contribution >= 4 is 17.9 Å². The van der Waals surface area contributed by atoms with Gasteiger partial charge in [0.1, 0.15) is 5.75 Å². The summed E-state index contributed by atoms with van der Waals surface area (Å²) in [5.41, 5.74) is 1.98. The molecule has 0 unspecified atom stereocenters. The molecule has 0 fully saturated rings. The van der Waals surface area contributed by atoms with Crippen LogP contribution in [0.4, 0.5) is 0 Å². The van der Waals surface area contributed by atoms with Gasteiger partial charge < -0.3 is 9.47 Å². The van der Waals surface area contributed by atoms with Gasteiger partial charge in [-0.25, -0.2) is 9.79 Å². The lowest BCUT2D eigenvalue weighted by Crippen LogP contribution is -2.04. The van der Waals surface area contributed by atoms with E-state index < -0.39 is 5.97 Å². The van der Waals surface area contributed by atoms with Crippen LogP contribution in [0.5, 0.6) is 5.75 Å². The summed E-state index contributed by atoms with van der Waals surface area (Å²) in [5, 5.41) is 0. The fourth-order valence-electron chi connectivity index (χ4n) is 2.83. The summed E-state index contributed by atoms with van der Waals surface area (Å²) in [4.78, 5) is 16.4. The third-order valence-electron chi connectivity index (χ3n) is 4.34. The first-order chi connectivity index (χ1) is 13.3. The monoisotopic (exact) mass is 363 g/mol. The molecule has 1 aliphatic rings. The van der Waals surface area contributed by atoms with Gasteiger partial charge in [-0.3, -0.25) is 0 Å². The molecule has 4 nitrogen and oxygen atoms in total. The minimum atomic E-state index is -0.429. The zero-order chi connectivity index (χ0) is 18.9. The van der Waals surface area contributed by atoms with Crippen LogP contribution in [0.2, 0.25) is 0 Å². The number of aliphatic imine (C=N–C) groups is 1. The molecule has 140 valence electrons. The van der Waals surface area contributed by atoms with E-state index in [0.717, 1.165) is 29.9 Å². The van der Waals surface area contributed by atoms with Crippen molar-refractivity contribution in [1.29, 1.82) is 0 Å². The molecule has 0 radical (unpaired) electrons. The van der Waals surface area contributed by atoms with Gasteiger partial charge in [-0.2, -0.15) is 0 Å². The summed E-state index contributed by atoms with van der Waals surface area (Å²) in [5.74, 6) is 0.756. The quantitative estimate of drug-likeness (QED) is 0.341. The van der Waals surface area contributed by atoms with Crippen molar-refractivity contribution in [3.8, 4) is 5.75 Å². The fraction of sp³-hybridized carbons (Fsp3) is 0.304. The number of ether oxygens (including phenoxy) is 2. The van der Waals surface area contributed by atoms with E-state index in [9.17, 15) is 4.79 Å². The standard InChI is InChI=1S/C23H25NO3/c1-2-3-4-5-9-16-26-20-14-12-18(13-15-20)17-21-23(25)27-22(24-21)19-10-7-6-8-11-19/h6-8,10-15,17H,2-5,9,16H2,1H3/b21-17-. The smallest absolute Gasteiger partial charge is 0.363 e. The fourth-order valence-corrected chi connectivity index (χ4v) is 2.83. The second-order valence-corrected chi connectivity index (χ2v) is 6.53. The highest BCUT2D eigenvalue weighted by Gasteiger charge is 2.23. The number of hydrogen-bond acceptors (Lipinski definition) is 4. The van der Waals surface area contributed by atoms with Crippen LogP contribution in [-0.4, -0.2) is 18.5 Å². The number of unbranched alkanes of at least 4 members (excludes halogenated alkanes) is 4. The Balaban J connectivity index is 1.57. The largest absolute Gasteiger partial charge is 0.494 e. The molecule has 0 aromatic heterocycles. The predicted octanol–water partition coefficient (Wildman–Crippen LogP) is 5.38. The summed E-state index contributed by atoms with van der Waals surface area (Å²) in [6.45, 7) is 2.95. The average Bonchev–Trinajstić information content (AvgIpc) is 3.07. The lowest BCUT2D eigenvalue weighted by Gasteiger charge is -2.06. The van der Waals surface area contributed by atoms with Gasteiger partial charge >= 0.3 is 5.97 Å². The van der Waals surface area contributed by atoms with E-state index in [0.29, 0.717) is 11.6 Å². The van der Waals surface area contributed by atoms with Crippen LogP contribution in [0.3, 0.4) is 0 Å². The van der Waals surface area contributed by atoms with Crippen LogP contribution in [0.25, 0.3) is 6.08 Å². The molecule has 0 amide bonds. The lowest BCUT2D eigenvalue weighted by molar-refractivity contribution is -0.129. The summed E-state index contributed by atoms with van der Waals surface area (Å²) in [6, 6.07) is 17.1. The molecule has 0 atom stereocenters. The normalized spacial score (nSPS) is 14.9. The molecule has 1 aliphatic heterocycles. The summed E-state index contributed by atoms with van der Waals surface area (Å²) in [7, 11) is 0. The summed E-state index contributed by atoms with van der Waals surface area (Å²) >= 11 is 0. The second-order valence-electron chi connectivity index (χ2n) is 6.53. The maximum absolute atomic E-state index is 12.0. The Morgan fingerprint density at radius 3 is 2.44 bits per heavy atom. The van der Waals surface area contributed by atoms with Gasteiger partial charge in [0.2, 0.25) is 5.90 Å². The first kappa shape index (κ1) is 18.9. The van der Waals surface area contributed by atoms with Crippen LogP contribution in [-0.2, 0) is 9.53 Å². The summed E-state index contributed by atoms with van der Waals surface area (Å²) < 4.78 is 11.0. The molecular weight excluding hydrogens is 338 g/mol. The second kappa shape index (κ2) is 9.72. The van der Waals surface area contributed by atoms with Crippen molar-refractivity contribution in [2.75, 3.05) is 6.61 Å². The van der Waals surface area contributed by atoms with Gasteiger partial charge in [-0.15, -0.1) is 0 Å². The number of benzene rings is 2. The van der Waals surface area contributed by atoms with E-state index in [1.807, 2.05) is 54.6 Å². The molecule has 27 heavy (non-hydrogen) atoms. The van der Waals surface area contributed by atoms with Crippen molar-refractivity contribution in [3.05, 3.63) is 71.4 Å². The number of cyclic esters (lactones) is 1. The van der Waals surface area contributed by atoms with Crippen molar-refractivity contribution in [3.63, 3.8) is 0 Å². The minimum absolute atomic E-state index is 0.304. The Labute approximate surface area is 160 Å². The van der Waals surface area contributed by atoms with Gasteiger partial charge in [0.15, 0.2) is 5.70 Å². The van der Waals surface area contributed by atoms with Crippen molar-refractivity contribution in [2.24, 2.45) is 4.99 Å². The highest BCUT2D eigenvalue weighted by Crippen LogP contribution is 2.20. The molecule has 1 heterocycles. The lowest BCUT2D eigenvalue weighted by atomic mass is 10.1. The number of hydrogen-bond donors (Lipinski definition) is 0. The molecule has 0 bridgehead atoms. The van der Waals surface area contributed by atoms with Gasteiger partial charge in [-0.1, -0.05) is 62.9 Å². The molecule has 2 aromatic carbocycles. The maximum atomic E-state index is 12.0. The Kier molecular flexibility index (Phi) is 6.80. The third-order valence-corrected chi connectivity index (χ3v) is 4.34. The van der Waals surface area contributed by atoms with Crippen molar-refractivity contribution in [2.45, 2.75) is 39.0 Å². The molecule has 3 rings (SSSR count). The zero-order valence-electron chi connectivity index (χ0n) is 15.7. The van der Waals surface area contributed by atoms with E-state index in [1.54, 1.807) is 6.08 Å². The highest BCUT2D eigenvalue weighted by molar-refractivity contribution is 6.12. The predicted molar refractivity (Wildman–Crippen MR) is 108 cm³/mol. The average molecular weight is 363 g/mol. The molecule has 0 saturated heterocycles. The molecule has 0 aliphatic carbocycles. The van der Waals surface area contributed by atoms with Crippen LogP contribution in [0, 0.1) is 0 Å². The number of carbonyl (C=O) groups is 1. The zero-order valence-corrected chi connectivity index (χ0v) is 15.7. The number of esters is 1. The topological polar surface area (TPSA) is 47.9 Å². The number of carbonyl (C=O) groups excluding carboxylic acids is 1. The Hall–Kier alpha value is -2.88. The SMILES string of the molecule is CCCCCCCOc1ccc(/C=C2\N=C(c3ccccc3)OC2=O)cc1. The van der Waals surface area contributed by atoms with E-state index in [4.69, 9.17) is 9.47 Å². The van der Waals surface area contributed by atoms with Crippen molar-refractivity contribution < 1.29 is 14.3 Å². The Morgan fingerprint density at radius 1 is 0.963 bits per heavy atom. The van der Waals surface area contributed by atoms with Gasteiger partial charge in [0, 0.05) is 5.56 Å². The molecule has 0 spiro atoms. The first-order valence-electron chi connectivity index (χ1n) is 9.57. The van der Waals surface area contributed by atoms with E-state index in [1.165, 1.54) is 25.7 Å². The van der Waals surface area contributed by atoms with Crippen LogP contribution < -0.4 is 4.74 Å². The number of rotatable bonds is 9.